The quantitative estimate of drug-likeness (QED) is 0.311. The first-order valence-corrected chi connectivity index (χ1v) is 14.0. The highest BCUT2D eigenvalue weighted by Crippen LogP contribution is 2.44. The summed E-state index contributed by atoms with van der Waals surface area (Å²) in [6.07, 6.45) is 9.18. The lowest BCUT2D eigenvalue weighted by Gasteiger charge is -2.30. The number of amides is 2. The minimum atomic E-state index is -0.113. The van der Waals surface area contributed by atoms with Gasteiger partial charge in [-0.25, -0.2) is 4.79 Å². The van der Waals surface area contributed by atoms with E-state index in [-0.39, 0.29) is 12.1 Å². The molecule has 1 saturated heterocycles. The molecule has 2 N–H and O–H groups in total. The summed E-state index contributed by atoms with van der Waals surface area (Å²) in [6.45, 7) is 1.56. The molecule has 3 aliphatic rings. The second-order valence-corrected chi connectivity index (χ2v) is 11.1. The fourth-order valence-corrected chi connectivity index (χ4v) is 6.24. The molecule has 0 unspecified atom stereocenters. The van der Waals surface area contributed by atoms with Crippen molar-refractivity contribution >= 4 is 45.2 Å². The van der Waals surface area contributed by atoms with Crippen LogP contribution >= 0.6 is 22.6 Å². The van der Waals surface area contributed by atoms with Crippen molar-refractivity contribution in [2.75, 3.05) is 18.5 Å². The van der Waals surface area contributed by atoms with Gasteiger partial charge in [0, 0.05) is 45.6 Å². The Morgan fingerprint density at radius 1 is 0.971 bits per heavy atom. The molecule has 6 nitrogen and oxygen atoms in total. The average molecular weight is 585 g/mol. The Kier molecular flexibility index (Phi) is 6.62. The zero-order chi connectivity index (χ0) is 23.8. The van der Waals surface area contributed by atoms with Crippen LogP contribution in [-0.4, -0.2) is 36.0 Å². The van der Waals surface area contributed by atoms with E-state index in [0.717, 1.165) is 50.3 Å². The number of rotatable bonds is 6. The summed E-state index contributed by atoms with van der Waals surface area (Å²) in [4.78, 5) is 12.3. The van der Waals surface area contributed by atoms with Crippen LogP contribution < -0.4 is 15.4 Å². The molecule has 0 spiro atoms. The van der Waals surface area contributed by atoms with Gasteiger partial charge in [-0.2, -0.15) is 0 Å². The lowest BCUT2D eigenvalue weighted by atomic mass is 9.92. The summed E-state index contributed by atoms with van der Waals surface area (Å²) < 4.78 is 15.6. The molecule has 2 aromatic carbocycles. The van der Waals surface area contributed by atoms with E-state index in [0.29, 0.717) is 12.1 Å². The maximum Gasteiger partial charge on any atom is 0.319 e. The van der Waals surface area contributed by atoms with Gasteiger partial charge in [-0.05, 0) is 90.9 Å². The van der Waals surface area contributed by atoms with Gasteiger partial charge in [-0.1, -0.05) is 12.1 Å². The van der Waals surface area contributed by atoms with Gasteiger partial charge in [0.15, 0.2) is 0 Å². The van der Waals surface area contributed by atoms with Gasteiger partial charge in [0.05, 0.1) is 24.4 Å². The average Bonchev–Trinajstić information content (AvgIpc) is 3.08. The van der Waals surface area contributed by atoms with Crippen molar-refractivity contribution in [1.29, 1.82) is 0 Å². The molecule has 3 fully saturated rings. The smallest absolute Gasteiger partial charge is 0.319 e. The number of aromatic nitrogens is 1. The van der Waals surface area contributed by atoms with Crippen LogP contribution in [0.25, 0.3) is 22.2 Å². The topological polar surface area (TPSA) is 64.5 Å². The monoisotopic (exact) mass is 585 g/mol. The Labute approximate surface area is 219 Å². The van der Waals surface area contributed by atoms with Crippen LogP contribution in [0, 0.1) is 3.57 Å². The highest BCUT2D eigenvalue weighted by atomic mass is 127. The first kappa shape index (κ1) is 23.2. The second kappa shape index (κ2) is 10.0. The van der Waals surface area contributed by atoms with Crippen LogP contribution in [0.15, 0.2) is 42.5 Å². The Bertz CT molecular complexity index is 1210. The molecule has 0 atom stereocenters. The third-order valence-corrected chi connectivity index (χ3v) is 8.77. The molecule has 0 bridgehead atoms. The molecule has 0 radical (unpaired) electrons. The Hall–Kier alpha value is -2.26. The van der Waals surface area contributed by atoms with E-state index < -0.39 is 0 Å². The van der Waals surface area contributed by atoms with Gasteiger partial charge in [0.25, 0.3) is 0 Å². The number of nitrogens with one attached hydrogen (secondary N) is 2. The zero-order valence-electron chi connectivity index (χ0n) is 19.9. The number of benzene rings is 2. The van der Waals surface area contributed by atoms with Crippen LogP contribution in [0.1, 0.15) is 57.4 Å². The van der Waals surface area contributed by atoms with Gasteiger partial charge < -0.3 is 24.7 Å². The van der Waals surface area contributed by atoms with Crippen molar-refractivity contribution in [2.45, 2.75) is 69.6 Å². The molecular formula is C28H32IN3O3. The maximum absolute atomic E-state index is 12.3. The molecule has 184 valence electrons. The fraction of sp³-hybridized carbons (Fsp3) is 0.464. The number of anilines is 1. The molecule has 7 heteroatoms. The minimum Gasteiger partial charge on any atom is -0.490 e. The first-order valence-electron chi connectivity index (χ1n) is 12.9. The molecule has 2 amide bonds. The number of fused-ring (bicyclic) bond motifs is 1. The highest BCUT2D eigenvalue weighted by Gasteiger charge is 2.27. The van der Waals surface area contributed by atoms with E-state index in [2.05, 4.69) is 68.1 Å². The van der Waals surface area contributed by atoms with Gasteiger partial charge in [0.1, 0.15) is 11.9 Å². The SMILES string of the molecule is O=C(Nc1ccc(-c2c(I)c3ccc(OC4CCOCC4)cc3n2C2CCC2)cc1)NC1CCC1. The van der Waals surface area contributed by atoms with Crippen molar-refractivity contribution in [2.24, 2.45) is 0 Å². The van der Waals surface area contributed by atoms with Gasteiger partial charge >= 0.3 is 6.03 Å². The lowest BCUT2D eigenvalue weighted by Crippen LogP contribution is -2.41. The third kappa shape index (κ3) is 4.77. The van der Waals surface area contributed by atoms with Crippen molar-refractivity contribution < 1.29 is 14.3 Å². The summed E-state index contributed by atoms with van der Waals surface area (Å²) >= 11 is 2.50. The lowest BCUT2D eigenvalue weighted by molar-refractivity contribution is 0.0256. The summed E-state index contributed by atoms with van der Waals surface area (Å²) in [5.74, 6) is 0.947. The third-order valence-electron chi connectivity index (χ3n) is 7.68. The summed E-state index contributed by atoms with van der Waals surface area (Å²) in [7, 11) is 0. The van der Waals surface area contributed by atoms with E-state index in [1.807, 2.05) is 12.1 Å². The fourth-order valence-electron chi connectivity index (χ4n) is 5.22. The van der Waals surface area contributed by atoms with Crippen LogP contribution in [0.2, 0.25) is 0 Å². The number of nitrogens with zero attached hydrogens (tertiary/aromatic N) is 1. The summed E-state index contributed by atoms with van der Waals surface area (Å²) in [6, 6.07) is 15.6. The summed E-state index contributed by atoms with van der Waals surface area (Å²) in [5.41, 5.74) is 4.51. The second-order valence-electron chi connectivity index (χ2n) is 10.0. The van der Waals surface area contributed by atoms with Gasteiger partial charge in [-0.3, -0.25) is 0 Å². The van der Waals surface area contributed by atoms with Crippen LogP contribution in [0.3, 0.4) is 0 Å². The van der Waals surface area contributed by atoms with Crippen molar-refractivity contribution in [1.82, 2.24) is 9.88 Å². The molecule has 35 heavy (non-hydrogen) atoms. The molecule has 1 aromatic heterocycles. The zero-order valence-corrected chi connectivity index (χ0v) is 22.1. The summed E-state index contributed by atoms with van der Waals surface area (Å²) in [5, 5.41) is 7.29. The molecular weight excluding hydrogens is 553 g/mol. The number of ether oxygens (including phenoxy) is 2. The van der Waals surface area contributed by atoms with E-state index >= 15 is 0 Å². The first-order chi connectivity index (χ1) is 17.2. The normalized spacial score (nSPS) is 19.2. The molecule has 3 aromatic rings. The standard InChI is InChI=1S/C28H32IN3O3/c29-26-24-12-11-23(35-22-13-15-34-16-14-22)17-25(24)32(21-5-2-6-21)27(26)18-7-9-20(10-8-18)31-28(33)30-19-3-1-4-19/h7-12,17,19,21-22H,1-6,13-16H2,(H2,30,31,33). The predicted octanol–water partition coefficient (Wildman–Crippen LogP) is 6.87. The van der Waals surface area contributed by atoms with E-state index in [4.69, 9.17) is 9.47 Å². The van der Waals surface area contributed by atoms with Crippen LogP contribution in [0.4, 0.5) is 10.5 Å². The molecule has 2 saturated carbocycles. The molecule has 2 heterocycles. The predicted molar refractivity (Wildman–Crippen MR) is 147 cm³/mol. The molecule has 2 aliphatic carbocycles. The molecule has 1 aliphatic heterocycles. The van der Waals surface area contributed by atoms with E-state index in [1.165, 1.54) is 51.4 Å². The van der Waals surface area contributed by atoms with Crippen LogP contribution in [0.5, 0.6) is 5.75 Å². The number of carbonyl (C=O) groups excluding carboxylic acids is 1. The molecule has 6 rings (SSSR count). The number of hydrogen-bond acceptors (Lipinski definition) is 3. The van der Waals surface area contributed by atoms with E-state index in [9.17, 15) is 4.79 Å². The largest absolute Gasteiger partial charge is 0.490 e. The van der Waals surface area contributed by atoms with Gasteiger partial charge in [-0.15, -0.1) is 0 Å². The Morgan fingerprint density at radius 3 is 2.37 bits per heavy atom. The minimum absolute atomic E-state index is 0.113. The Morgan fingerprint density at radius 2 is 1.71 bits per heavy atom. The van der Waals surface area contributed by atoms with E-state index in [1.54, 1.807) is 0 Å². The van der Waals surface area contributed by atoms with Crippen molar-refractivity contribution in [3.8, 4) is 17.0 Å². The number of urea groups is 1. The number of carbonyl (C=O) groups is 1. The maximum atomic E-state index is 12.3. The van der Waals surface area contributed by atoms with Gasteiger partial charge in [0.2, 0.25) is 0 Å². The number of halogens is 1. The highest BCUT2D eigenvalue weighted by molar-refractivity contribution is 14.1. The van der Waals surface area contributed by atoms with Crippen molar-refractivity contribution in [3.05, 3.63) is 46.0 Å². The number of hydrogen-bond donors (Lipinski definition) is 2. The Balaban J connectivity index is 1.29. The van der Waals surface area contributed by atoms with Crippen LogP contribution in [-0.2, 0) is 4.74 Å². The van der Waals surface area contributed by atoms with Crippen molar-refractivity contribution in [3.63, 3.8) is 0 Å².